The Hall–Kier alpha value is -1.15. The highest BCUT2D eigenvalue weighted by Gasteiger charge is 2.20. The zero-order valence-corrected chi connectivity index (χ0v) is 11.7. The van der Waals surface area contributed by atoms with E-state index in [1.807, 2.05) is 18.2 Å². The van der Waals surface area contributed by atoms with Crippen LogP contribution in [0.15, 0.2) is 36.9 Å². The van der Waals surface area contributed by atoms with Crippen molar-refractivity contribution in [2.75, 3.05) is 13.1 Å². The van der Waals surface area contributed by atoms with Gasteiger partial charge in [-0.15, -0.1) is 6.58 Å². The van der Waals surface area contributed by atoms with Crippen molar-refractivity contribution in [1.82, 2.24) is 5.32 Å². The highest BCUT2D eigenvalue weighted by molar-refractivity contribution is 5.19. The maximum atomic E-state index is 12.9. The maximum Gasteiger partial charge on any atom is 0.123 e. The van der Waals surface area contributed by atoms with Crippen LogP contribution in [0.4, 0.5) is 4.39 Å². The molecule has 0 spiro atoms. The topological polar surface area (TPSA) is 12.0 Å². The lowest BCUT2D eigenvalue weighted by Crippen LogP contribution is -2.34. The van der Waals surface area contributed by atoms with Gasteiger partial charge in [-0.25, -0.2) is 4.39 Å². The highest BCUT2D eigenvalue weighted by Crippen LogP contribution is 2.23. The number of nitrogens with one attached hydrogen (secondary N) is 1. The molecule has 0 saturated carbocycles. The summed E-state index contributed by atoms with van der Waals surface area (Å²) in [6.07, 6.45) is 2.87. The molecule has 1 aromatic carbocycles. The Kier molecular flexibility index (Phi) is 5.54. The van der Waals surface area contributed by atoms with Crippen LogP contribution in [0.1, 0.15) is 26.3 Å². The molecule has 1 rings (SSSR count). The molecule has 0 aliphatic rings. The number of rotatable bonds is 7. The van der Waals surface area contributed by atoms with Crippen LogP contribution in [0.2, 0.25) is 0 Å². The number of hydrogen-bond donors (Lipinski definition) is 1. The van der Waals surface area contributed by atoms with Crippen LogP contribution in [0.3, 0.4) is 0 Å². The predicted octanol–water partition coefficient (Wildman–Crippen LogP) is 3.81. The van der Waals surface area contributed by atoms with Crippen molar-refractivity contribution in [2.24, 2.45) is 11.3 Å². The van der Waals surface area contributed by atoms with Crippen molar-refractivity contribution >= 4 is 0 Å². The van der Waals surface area contributed by atoms with Crippen LogP contribution in [-0.4, -0.2) is 13.1 Å². The summed E-state index contributed by atoms with van der Waals surface area (Å²) in [5, 5.41) is 3.46. The van der Waals surface area contributed by atoms with E-state index < -0.39 is 0 Å². The SMILES string of the molecule is C=CC(C)(CNCC(C)C)Cc1ccc(F)cc1. The van der Waals surface area contributed by atoms with Gasteiger partial charge >= 0.3 is 0 Å². The van der Waals surface area contributed by atoms with Gasteiger partial charge in [-0.1, -0.05) is 39.0 Å². The molecule has 0 aliphatic carbocycles. The molecule has 0 saturated heterocycles. The Morgan fingerprint density at radius 1 is 1.33 bits per heavy atom. The van der Waals surface area contributed by atoms with E-state index in [0.29, 0.717) is 5.92 Å². The average Bonchev–Trinajstić information content (AvgIpc) is 2.32. The van der Waals surface area contributed by atoms with E-state index in [1.54, 1.807) is 0 Å². The molecule has 0 amide bonds. The van der Waals surface area contributed by atoms with Crippen molar-refractivity contribution in [3.8, 4) is 0 Å². The number of halogens is 1. The monoisotopic (exact) mass is 249 g/mol. The first-order chi connectivity index (χ1) is 8.45. The van der Waals surface area contributed by atoms with Crippen LogP contribution in [0, 0.1) is 17.2 Å². The molecule has 1 N–H and O–H groups in total. The molecular formula is C16H24FN. The molecular weight excluding hydrogens is 225 g/mol. The quantitative estimate of drug-likeness (QED) is 0.725. The van der Waals surface area contributed by atoms with Crippen molar-refractivity contribution in [1.29, 1.82) is 0 Å². The van der Waals surface area contributed by atoms with Gasteiger partial charge in [0.05, 0.1) is 0 Å². The summed E-state index contributed by atoms with van der Waals surface area (Å²) in [5.74, 6) is 0.460. The molecule has 0 bridgehead atoms. The third-order valence-electron chi connectivity index (χ3n) is 3.10. The predicted molar refractivity (Wildman–Crippen MR) is 76.1 cm³/mol. The first-order valence-electron chi connectivity index (χ1n) is 6.54. The molecule has 1 aromatic rings. The van der Waals surface area contributed by atoms with Crippen LogP contribution < -0.4 is 5.32 Å². The van der Waals surface area contributed by atoms with E-state index in [2.05, 4.69) is 32.7 Å². The Bertz CT molecular complexity index is 369. The highest BCUT2D eigenvalue weighted by atomic mass is 19.1. The molecule has 2 heteroatoms. The Balaban J connectivity index is 2.58. The summed E-state index contributed by atoms with van der Waals surface area (Å²) in [6.45, 7) is 12.4. The van der Waals surface area contributed by atoms with E-state index in [1.165, 1.54) is 12.1 Å². The molecule has 18 heavy (non-hydrogen) atoms. The lowest BCUT2D eigenvalue weighted by Gasteiger charge is -2.27. The number of hydrogen-bond acceptors (Lipinski definition) is 1. The molecule has 0 fully saturated rings. The second kappa shape index (κ2) is 6.69. The molecule has 0 aliphatic heterocycles. The molecule has 1 atom stereocenters. The fraction of sp³-hybridized carbons (Fsp3) is 0.500. The minimum Gasteiger partial charge on any atom is -0.316 e. The van der Waals surface area contributed by atoms with Gasteiger partial charge in [0.2, 0.25) is 0 Å². The van der Waals surface area contributed by atoms with Crippen molar-refractivity contribution < 1.29 is 4.39 Å². The van der Waals surface area contributed by atoms with Gasteiger partial charge in [-0.3, -0.25) is 0 Å². The molecule has 100 valence electrons. The second-order valence-corrected chi connectivity index (χ2v) is 5.69. The van der Waals surface area contributed by atoms with E-state index in [0.717, 1.165) is 25.1 Å². The first-order valence-corrected chi connectivity index (χ1v) is 6.54. The lowest BCUT2D eigenvalue weighted by molar-refractivity contribution is 0.378. The fourth-order valence-electron chi connectivity index (χ4n) is 1.92. The van der Waals surface area contributed by atoms with E-state index in [4.69, 9.17) is 0 Å². The normalized spacial score (nSPS) is 14.5. The van der Waals surface area contributed by atoms with Gasteiger partial charge in [0.1, 0.15) is 5.82 Å². The molecule has 1 nitrogen and oxygen atoms in total. The largest absolute Gasteiger partial charge is 0.316 e. The van der Waals surface area contributed by atoms with Crippen molar-refractivity contribution in [3.05, 3.63) is 48.3 Å². The Labute approximate surface area is 110 Å². The van der Waals surface area contributed by atoms with Crippen LogP contribution >= 0.6 is 0 Å². The lowest BCUT2D eigenvalue weighted by atomic mass is 9.83. The summed E-state index contributed by atoms with van der Waals surface area (Å²) < 4.78 is 12.9. The summed E-state index contributed by atoms with van der Waals surface area (Å²) in [4.78, 5) is 0. The first kappa shape index (κ1) is 14.9. The van der Waals surface area contributed by atoms with Gasteiger partial charge in [-0.05, 0) is 36.6 Å². The fourth-order valence-corrected chi connectivity index (χ4v) is 1.92. The zero-order valence-electron chi connectivity index (χ0n) is 11.7. The van der Waals surface area contributed by atoms with Gasteiger partial charge in [-0.2, -0.15) is 0 Å². The van der Waals surface area contributed by atoms with Crippen LogP contribution in [0.5, 0.6) is 0 Å². The minimum absolute atomic E-state index is 0.00667. The smallest absolute Gasteiger partial charge is 0.123 e. The van der Waals surface area contributed by atoms with Crippen molar-refractivity contribution in [3.63, 3.8) is 0 Å². The van der Waals surface area contributed by atoms with Gasteiger partial charge in [0.15, 0.2) is 0 Å². The van der Waals surface area contributed by atoms with E-state index >= 15 is 0 Å². The van der Waals surface area contributed by atoms with Gasteiger partial charge < -0.3 is 5.32 Å². The summed E-state index contributed by atoms with van der Waals surface area (Å²) in [5.41, 5.74) is 1.15. The second-order valence-electron chi connectivity index (χ2n) is 5.69. The van der Waals surface area contributed by atoms with E-state index in [-0.39, 0.29) is 11.2 Å². The maximum absolute atomic E-state index is 12.9. The summed E-state index contributed by atoms with van der Waals surface area (Å²) >= 11 is 0. The molecule has 0 heterocycles. The van der Waals surface area contributed by atoms with Crippen LogP contribution in [-0.2, 0) is 6.42 Å². The molecule has 0 aromatic heterocycles. The summed E-state index contributed by atoms with van der Waals surface area (Å²) in [6, 6.07) is 6.72. The summed E-state index contributed by atoms with van der Waals surface area (Å²) in [7, 11) is 0. The molecule has 1 unspecified atom stereocenters. The minimum atomic E-state index is -0.183. The van der Waals surface area contributed by atoms with Crippen molar-refractivity contribution in [2.45, 2.75) is 27.2 Å². The average molecular weight is 249 g/mol. The third-order valence-corrected chi connectivity index (χ3v) is 3.10. The van der Waals surface area contributed by atoms with Gasteiger partial charge in [0, 0.05) is 12.0 Å². The third kappa shape index (κ3) is 5.01. The van der Waals surface area contributed by atoms with Gasteiger partial charge in [0.25, 0.3) is 0 Å². The van der Waals surface area contributed by atoms with E-state index in [9.17, 15) is 4.39 Å². The standard InChI is InChI=1S/C16H24FN/c1-5-16(4,12-18-11-13(2)3)10-14-6-8-15(17)9-7-14/h5-9,13,18H,1,10-12H2,2-4H3. The zero-order chi connectivity index (χ0) is 13.6. The molecule has 0 radical (unpaired) electrons. The Morgan fingerprint density at radius 2 is 1.94 bits per heavy atom. The number of benzene rings is 1. The van der Waals surface area contributed by atoms with Crippen LogP contribution in [0.25, 0.3) is 0 Å². The Morgan fingerprint density at radius 3 is 2.44 bits per heavy atom.